The molecule has 122 valence electrons. The minimum absolute atomic E-state index is 0.253. The highest BCUT2D eigenvalue weighted by Gasteiger charge is 2.35. The number of anilines is 1. The summed E-state index contributed by atoms with van der Waals surface area (Å²) >= 11 is 11.8. The Morgan fingerprint density at radius 1 is 1.04 bits per heavy atom. The van der Waals surface area contributed by atoms with E-state index in [9.17, 15) is 10.1 Å². The van der Waals surface area contributed by atoms with Crippen molar-refractivity contribution in [3.05, 3.63) is 63.6 Å². The molecule has 1 amide bonds. The molecule has 0 aliphatic heterocycles. The molecule has 0 radical (unpaired) electrons. The molecule has 1 saturated carbocycles. The van der Waals surface area contributed by atoms with Crippen LogP contribution >= 0.6 is 23.2 Å². The molecule has 5 heteroatoms. The zero-order valence-electron chi connectivity index (χ0n) is 13.0. The third kappa shape index (κ3) is 3.26. The van der Waals surface area contributed by atoms with E-state index in [2.05, 4.69) is 11.4 Å². The Kier molecular flexibility index (Phi) is 4.80. The van der Waals surface area contributed by atoms with Gasteiger partial charge < -0.3 is 5.32 Å². The molecule has 0 spiro atoms. The number of nitrogens with zero attached hydrogens (tertiary/aromatic N) is 1. The van der Waals surface area contributed by atoms with E-state index in [-0.39, 0.29) is 11.3 Å². The molecule has 3 rings (SSSR count). The largest absolute Gasteiger partial charge is 0.322 e. The summed E-state index contributed by atoms with van der Waals surface area (Å²) < 4.78 is 0. The lowest BCUT2D eigenvalue weighted by Gasteiger charge is -2.21. The third-order valence-electron chi connectivity index (χ3n) is 4.55. The third-order valence-corrected chi connectivity index (χ3v) is 5.29. The molecular formula is C19H16Cl2N2O. The fraction of sp³-hybridized carbons (Fsp3) is 0.263. The maximum atomic E-state index is 12.3. The normalized spacial score (nSPS) is 15.7. The predicted octanol–water partition coefficient (Wildman–Crippen LogP) is 5.58. The van der Waals surface area contributed by atoms with Crippen molar-refractivity contribution in [1.82, 2.24) is 0 Å². The van der Waals surface area contributed by atoms with Crippen molar-refractivity contribution in [3.8, 4) is 6.07 Å². The number of nitriles is 1. The SMILES string of the molecule is N#CC1(c2ccc(NC(=O)c3ccc(Cl)c(Cl)c3)cc2)CCCC1. The number of benzene rings is 2. The smallest absolute Gasteiger partial charge is 0.255 e. The molecule has 1 N–H and O–H groups in total. The van der Waals surface area contributed by atoms with Crippen LogP contribution in [0.1, 0.15) is 41.6 Å². The van der Waals surface area contributed by atoms with E-state index < -0.39 is 0 Å². The van der Waals surface area contributed by atoms with Crippen molar-refractivity contribution >= 4 is 34.8 Å². The number of carbonyl (C=O) groups excluding carboxylic acids is 1. The zero-order valence-corrected chi connectivity index (χ0v) is 14.5. The average Bonchev–Trinajstić information content (AvgIpc) is 3.08. The van der Waals surface area contributed by atoms with Gasteiger partial charge in [0.2, 0.25) is 0 Å². The van der Waals surface area contributed by atoms with Gasteiger partial charge in [-0.25, -0.2) is 0 Å². The minimum Gasteiger partial charge on any atom is -0.322 e. The fourth-order valence-corrected chi connectivity index (χ4v) is 3.45. The van der Waals surface area contributed by atoms with Gasteiger partial charge in [-0.2, -0.15) is 5.26 Å². The summed E-state index contributed by atoms with van der Waals surface area (Å²) in [5.41, 5.74) is 1.78. The van der Waals surface area contributed by atoms with Crippen molar-refractivity contribution in [2.75, 3.05) is 5.32 Å². The summed E-state index contributed by atoms with van der Waals surface area (Å²) in [5.74, 6) is -0.253. The molecule has 2 aromatic carbocycles. The first-order chi connectivity index (χ1) is 11.5. The highest BCUT2D eigenvalue weighted by Crippen LogP contribution is 2.40. The second kappa shape index (κ2) is 6.84. The maximum absolute atomic E-state index is 12.3. The average molecular weight is 359 g/mol. The summed E-state index contributed by atoms with van der Waals surface area (Å²) in [6.07, 6.45) is 3.98. The lowest BCUT2D eigenvalue weighted by molar-refractivity contribution is 0.102. The van der Waals surface area contributed by atoms with Crippen LogP contribution in [0.5, 0.6) is 0 Å². The highest BCUT2D eigenvalue weighted by atomic mass is 35.5. The van der Waals surface area contributed by atoms with Gasteiger partial charge in [-0.05, 0) is 48.7 Å². The van der Waals surface area contributed by atoms with Crippen LogP contribution in [0.4, 0.5) is 5.69 Å². The summed E-state index contributed by atoms with van der Waals surface area (Å²) in [7, 11) is 0. The first-order valence-corrected chi connectivity index (χ1v) is 8.58. The van der Waals surface area contributed by atoms with Crippen LogP contribution in [0, 0.1) is 11.3 Å². The quantitative estimate of drug-likeness (QED) is 0.778. The van der Waals surface area contributed by atoms with Crippen molar-refractivity contribution in [1.29, 1.82) is 5.26 Å². The van der Waals surface area contributed by atoms with Gasteiger partial charge in [0.05, 0.1) is 21.5 Å². The molecular weight excluding hydrogens is 343 g/mol. The van der Waals surface area contributed by atoms with Gasteiger partial charge in [0.25, 0.3) is 5.91 Å². The second-order valence-electron chi connectivity index (χ2n) is 6.06. The molecule has 0 bridgehead atoms. The molecule has 1 aliphatic rings. The van der Waals surface area contributed by atoms with Gasteiger partial charge in [0.15, 0.2) is 0 Å². The molecule has 0 saturated heterocycles. The number of hydrogen-bond acceptors (Lipinski definition) is 2. The Morgan fingerprint density at radius 3 is 2.29 bits per heavy atom. The fourth-order valence-electron chi connectivity index (χ4n) is 3.16. The van der Waals surface area contributed by atoms with E-state index in [0.29, 0.717) is 21.3 Å². The number of hydrogen-bond donors (Lipinski definition) is 1. The van der Waals surface area contributed by atoms with Crippen LogP contribution < -0.4 is 5.32 Å². The number of nitrogens with one attached hydrogen (secondary N) is 1. The number of rotatable bonds is 3. The topological polar surface area (TPSA) is 52.9 Å². The van der Waals surface area contributed by atoms with Gasteiger partial charge in [-0.3, -0.25) is 4.79 Å². The minimum atomic E-state index is -0.369. The number of halogens is 2. The molecule has 0 atom stereocenters. The van der Waals surface area contributed by atoms with Crippen LogP contribution in [0.3, 0.4) is 0 Å². The van der Waals surface area contributed by atoms with E-state index in [1.165, 1.54) is 6.07 Å². The van der Waals surface area contributed by atoms with E-state index in [4.69, 9.17) is 23.2 Å². The standard InChI is InChI=1S/C19H16Cl2N2O/c20-16-8-3-13(11-17(16)21)18(24)23-15-6-4-14(5-7-15)19(12-22)9-1-2-10-19/h3-8,11H,1-2,9-10H2,(H,23,24). The predicted molar refractivity (Wildman–Crippen MR) is 96.6 cm³/mol. The Morgan fingerprint density at radius 2 is 1.71 bits per heavy atom. The van der Waals surface area contributed by atoms with E-state index >= 15 is 0 Å². The van der Waals surface area contributed by atoms with Crippen LogP contribution in [0.15, 0.2) is 42.5 Å². The summed E-state index contributed by atoms with van der Waals surface area (Å²) in [6.45, 7) is 0. The lowest BCUT2D eigenvalue weighted by Crippen LogP contribution is -2.19. The van der Waals surface area contributed by atoms with Gasteiger partial charge in [-0.1, -0.05) is 48.2 Å². The molecule has 3 nitrogen and oxygen atoms in total. The Hall–Kier alpha value is -2.02. The highest BCUT2D eigenvalue weighted by molar-refractivity contribution is 6.42. The first kappa shape index (κ1) is 16.8. The van der Waals surface area contributed by atoms with E-state index in [0.717, 1.165) is 31.2 Å². The molecule has 0 aromatic heterocycles. The zero-order chi connectivity index (χ0) is 17.2. The molecule has 24 heavy (non-hydrogen) atoms. The Balaban J connectivity index is 1.75. The van der Waals surface area contributed by atoms with Gasteiger partial charge in [0.1, 0.15) is 0 Å². The Bertz CT molecular complexity index is 803. The van der Waals surface area contributed by atoms with Crippen molar-refractivity contribution in [2.45, 2.75) is 31.1 Å². The molecule has 1 aliphatic carbocycles. The van der Waals surface area contributed by atoms with E-state index in [1.54, 1.807) is 12.1 Å². The number of amides is 1. The second-order valence-corrected chi connectivity index (χ2v) is 6.88. The molecule has 1 fully saturated rings. The van der Waals surface area contributed by atoms with Gasteiger partial charge >= 0.3 is 0 Å². The van der Waals surface area contributed by atoms with Crippen LogP contribution in [-0.2, 0) is 5.41 Å². The van der Waals surface area contributed by atoms with Crippen LogP contribution in [-0.4, -0.2) is 5.91 Å². The molecule has 2 aromatic rings. The van der Waals surface area contributed by atoms with Crippen LogP contribution in [0.25, 0.3) is 0 Å². The van der Waals surface area contributed by atoms with Crippen molar-refractivity contribution in [3.63, 3.8) is 0 Å². The molecule has 0 heterocycles. The van der Waals surface area contributed by atoms with Crippen molar-refractivity contribution in [2.24, 2.45) is 0 Å². The summed E-state index contributed by atoms with van der Waals surface area (Å²) in [6, 6.07) is 14.8. The Labute approximate surface area is 151 Å². The van der Waals surface area contributed by atoms with Gasteiger partial charge in [-0.15, -0.1) is 0 Å². The first-order valence-electron chi connectivity index (χ1n) is 7.82. The molecule has 0 unspecified atom stereocenters. The van der Waals surface area contributed by atoms with E-state index in [1.807, 2.05) is 24.3 Å². The monoisotopic (exact) mass is 358 g/mol. The number of carbonyl (C=O) groups is 1. The maximum Gasteiger partial charge on any atom is 0.255 e. The summed E-state index contributed by atoms with van der Waals surface area (Å²) in [5, 5.41) is 13.1. The summed E-state index contributed by atoms with van der Waals surface area (Å²) in [4.78, 5) is 12.3. The van der Waals surface area contributed by atoms with Crippen molar-refractivity contribution < 1.29 is 4.79 Å². The van der Waals surface area contributed by atoms with Gasteiger partial charge in [0, 0.05) is 11.3 Å². The van der Waals surface area contributed by atoms with Crippen LogP contribution in [0.2, 0.25) is 10.0 Å². The lowest BCUT2D eigenvalue weighted by atomic mass is 9.80.